The standard InChI is InChI=1S/C20H46OP2/c1-4-7-13-18-23(19-14-8-5-2,20-15-9-6-3)22-17-12-10-11-16-21/h21-23H,4-20H2,1-3H3. The summed E-state index contributed by atoms with van der Waals surface area (Å²) in [4.78, 5) is 0. The second kappa shape index (κ2) is 17.6. The predicted molar refractivity (Wildman–Crippen MR) is 116 cm³/mol. The Bertz CT molecular complexity index is 207. The average Bonchev–Trinajstić information content (AvgIpc) is 2.55. The summed E-state index contributed by atoms with van der Waals surface area (Å²) in [7, 11) is 1.30. The summed E-state index contributed by atoms with van der Waals surface area (Å²) in [5.41, 5.74) is 0. The number of unbranched alkanes of at least 4 members (excludes halogenated alkanes) is 8. The fourth-order valence-corrected chi connectivity index (χ4v) is 13.9. The molecular weight excluding hydrogens is 318 g/mol. The summed E-state index contributed by atoms with van der Waals surface area (Å²) in [6.45, 7) is 6.41. The van der Waals surface area contributed by atoms with E-state index in [4.69, 9.17) is 5.11 Å². The maximum absolute atomic E-state index is 8.97. The number of hydrogen-bond donors (Lipinski definition) is 1. The van der Waals surface area contributed by atoms with Gasteiger partial charge >= 0.3 is 149 Å². The Morgan fingerprint density at radius 1 is 0.609 bits per heavy atom. The van der Waals surface area contributed by atoms with Crippen LogP contribution in [0, 0.1) is 0 Å². The van der Waals surface area contributed by atoms with Crippen LogP contribution in [0.1, 0.15) is 97.8 Å². The molecule has 0 heterocycles. The molecule has 23 heavy (non-hydrogen) atoms. The summed E-state index contributed by atoms with van der Waals surface area (Å²) in [5.74, 6) is 0. The summed E-state index contributed by atoms with van der Waals surface area (Å²) in [6, 6.07) is 0. The van der Waals surface area contributed by atoms with Crippen LogP contribution in [0.25, 0.3) is 0 Å². The Morgan fingerprint density at radius 3 is 1.48 bits per heavy atom. The van der Waals surface area contributed by atoms with E-state index in [9.17, 15) is 0 Å². The van der Waals surface area contributed by atoms with Crippen molar-refractivity contribution in [2.24, 2.45) is 0 Å². The molecule has 0 amide bonds. The van der Waals surface area contributed by atoms with Crippen molar-refractivity contribution in [3.05, 3.63) is 0 Å². The van der Waals surface area contributed by atoms with Gasteiger partial charge in [0.2, 0.25) is 0 Å². The van der Waals surface area contributed by atoms with Gasteiger partial charge in [0.25, 0.3) is 0 Å². The minimum atomic E-state index is -1.00. The Morgan fingerprint density at radius 2 is 1.09 bits per heavy atom. The average molecular weight is 365 g/mol. The third-order valence-corrected chi connectivity index (χ3v) is 15.6. The van der Waals surface area contributed by atoms with Crippen molar-refractivity contribution in [2.75, 3.05) is 31.3 Å². The fourth-order valence-electron chi connectivity index (χ4n) is 3.55. The van der Waals surface area contributed by atoms with E-state index in [2.05, 4.69) is 20.8 Å². The van der Waals surface area contributed by atoms with Gasteiger partial charge in [-0.1, -0.05) is 0 Å². The molecule has 1 N–H and O–H groups in total. The maximum atomic E-state index is 8.97. The molecule has 0 fully saturated rings. The van der Waals surface area contributed by atoms with Crippen LogP contribution in [-0.4, -0.2) is 36.4 Å². The second-order valence-corrected chi connectivity index (χ2v) is 16.5. The number of aliphatic hydroxyl groups excluding tert-OH is 1. The van der Waals surface area contributed by atoms with Gasteiger partial charge in [-0.2, -0.15) is 0 Å². The van der Waals surface area contributed by atoms with Crippen molar-refractivity contribution >= 4 is 15.2 Å². The molecule has 0 bridgehead atoms. The number of rotatable bonds is 18. The number of hydrogen-bond acceptors (Lipinski definition) is 1. The van der Waals surface area contributed by atoms with Crippen molar-refractivity contribution < 1.29 is 5.11 Å². The molecule has 0 rings (SSSR count). The van der Waals surface area contributed by atoms with Crippen LogP contribution in [0.5, 0.6) is 0 Å². The zero-order valence-electron chi connectivity index (χ0n) is 16.5. The molecule has 0 aromatic heterocycles. The van der Waals surface area contributed by atoms with Crippen LogP contribution in [0.4, 0.5) is 0 Å². The topological polar surface area (TPSA) is 20.2 Å². The molecule has 0 aromatic rings. The van der Waals surface area contributed by atoms with Gasteiger partial charge in [-0.05, 0) is 0 Å². The van der Waals surface area contributed by atoms with Gasteiger partial charge in [-0.15, -0.1) is 0 Å². The van der Waals surface area contributed by atoms with Crippen LogP contribution >= 0.6 is 15.2 Å². The van der Waals surface area contributed by atoms with Gasteiger partial charge in [-0.3, -0.25) is 0 Å². The van der Waals surface area contributed by atoms with Crippen molar-refractivity contribution in [3.8, 4) is 0 Å². The van der Waals surface area contributed by atoms with Crippen molar-refractivity contribution in [2.45, 2.75) is 97.8 Å². The normalized spacial score (nSPS) is 13.2. The SMILES string of the molecule is CCCCC[PH](CCCCC)(CCCCC)PCCCCCO. The van der Waals surface area contributed by atoms with Crippen LogP contribution in [0.3, 0.4) is 0 Å². The second-order valence-electron chi connectivity index (χ2n) is 7.36. The summed E-state index contributed by atoms with van der Waals surface area (Å²) < 4.78 is 0. The van der Waals surface area contributed by atoms with Gasteiger partial charge < -0.3 is 0 Å². The van der Waals surface area contributed by atoms with Crippen molar-refractivity contribution in [1.82, 2.24) is 0 Å². The molecule has 0 spiro atoms. The first-order valence-electron chi connectivity index (χ1n) is 10.6. The first-order valence-corrected chi connectivity index (χ1v) is 15.4. The van der Waals surface area contributed by atoms with Crippen LogP contribution in [0.15, 0.2) is 0 Å². The molecular formula is C20H46OP2. The molecule has 142 valence electrons. The van der Waals surface area contributed by atoms with Gasteiger partial charge in [-0.25, -0.2) is 0 Å². The third-order valence-electron chi connectivity index (χ3n) is 5.11. The zero-order chi connectivity index (χ0) is 17.2. The van der Waals surface area contributed by atoms with Gasteiger partial charge in [0.1, 0.15) is 0 Å². The predicted octanol–water partition coefficient (Wildman–Crippen LogP) is 7.06. The molecule has 3 heteroatoms. The van der Waals surface area contributed by atoms with Crippen molar-refractivity contribution in [3.63, 3.8) is 0 Å². The summed E-state index contributed by atoms with van der Waals surface area (Å²) in [6.07, 6.45) is 22.9. The first-order chi connectivity index (χ1) is 11.2. The Balaban J connectivity index is 4.52. The molecule has 0 radical (unpaired) electrons. The van der Waals surface area contributed by atoms with Crippen LogP contribution in [0.2, 0.25) is 0 Å². The third kappa shape index (κ3) is 13.8. The quantitative estimate of drug-likeness (QED) is 0.204. The molecule has 1 nitrogen and oxygen atoms in total. The molecule has 1 unspecified atom stereocenters. The number of aliphatic hydroxyl groups is 1. The molecule has 0 saturated carbocycles. The fraction of sp³-hybridized carbons (Fsp3) is 1.00. The van der Waals surface area contributed by atoms with E-state index < -0.39 is 6.95 Å². The van der Waals surface area contributed by atoms with Crippen LogP contribution in [-0.2, 0) is 0 Å². The van der Waals surface area contributed by atoms with Gasteiger partial charge in [0, 0.05) is 0 Å². The zero-order valence-corrected chi connectivity index (χ0v) is 18.5. The molecule has 0 aliphatic rings. The minimum absolute atomic E-state index is 0.384. The Kier molecular flexibility index (Phi) is 18.3. The van der Waals surface area contributed by atoms with E-state index in [1.54, 1.807) is 18.5 Å². The van der Waals surface area contributed by atoms with E-state index in [-0.39, 0.29) is 0 Å². The summed E-state index contributed by atoms with van der Waals surface area (Å²) in [5, 5.41) is 8.97. The molecule has 0 aromatic carbocycles. The first kappa shape index (κ1) is 23.8. The van der Waals surface area contributed by atoms with Gasteiger partial charge in [0.05, 0.1) is 0 Å². The summed E-state index contributed by atoms with van der Waals surface area (Å²) >= 11 is 0. The van der Waals surface area contributed by atoms with E-state index in [0.717, 1.165) is 6.42 Å². The van der Waals surface area contributed by atoms with E-state index in [1.807, 2.05) is 0 Å². The van der Waals surface area contributed by atoms with Crippen LogP contribution < -0.4 is 0 Å². The van der Waals surface area contributed by atoms with E-state index >= 15 is 0 Å². The molecule has 1 atom stereocenters. The van der Waals surface area contributed by atoms with Gasteiger partial charge in [0.15, 0.2) is 0 Å². The monoisotopic (exact) mass is 364 g/mol. The molecule has 0 saturated heterocycles. The van der Waals surface area contributed by atoms with Crippen molar-refractivity contribution in [1.29, 1.82) is 0 Å². The Hall–Kier alpha value is 0.820. The van der Waals surface area contributed by atoms with E-state index in [1.165, 1.54) is 85.1 Å². The molecule has 0 aliphatic heterocycles. The Labute approximate surface area is 149 Å². The van der Waals surface area contributed by atoms with E-state index in [0.29, 0.717) is 6.61 Å². The molecule has 0 aliphatic carbocycles.